The number of aliphatic carboxylic acids is 1. The molecule has 0 saturated heterocycles. The van der Waals surface area contributed by atoms with E-state index in [-0.39, 0.29) is 26.1 Å². The van der Waals surface area contributed by atoms with E-state index >= 15 is 0 Å². The second-order valence-electron chi connectivity index (χ2n) is 4.85. The predicted molar refractivity (Wildman–Crippen MR) is 74.3 cm³/mol. The molecule has 22 heavy (non-hydrogen) atoms. The zero-order chi connectivity index (χ0) is 16.8. The number of allylic oxidation sites excluding steroid dienone is 1. The Morgan fingerprint density at radius 2 is 1.73 bits per heavy atom. The molecule has 0 saturated carbocycles. The van der Waals surface area contributed by atoms with Crippen LogP contribution in [0.4, 0.5) is 0 Å². The normalized spacial score (nSPS) is 19.7. The van der Waals surface area contributed by atoms with Crippen LogP contribution in [0.25, 0.3) is 0 Å². The molecule has 0 aromatic rings. The highest BCUT2D eigenvalue weighted by atomic mass is 16.6. The van der Waals surface area contributed by atoms with Crippen LogP contribution in [0.2, 0.25) is 0 Å². The minimum atomic E-state index is -1.79. The Morgan fingerprint density at radius 3 is 2.05 bits per heavy atom. The molecule has 0 spiro atoms. The number of hydrogen-bond acceptors (Lipinski definition) is 6. The molecule has 0 aromatic heterocycles. The van der Waals surface area contributed by atoms with Gasteiger partial charge in [-0.25, -0.2) is 0 Å². The Bertz CT molecular complexity index is 501. The van der Waals surface area contributed by atoms with Crippen LogP contribution in [-0.4, -0.2) is 36.2 Å². The molecule has 0 aliphatic heterocycles. The summed E-state index contributed by atoms with van der Waals surface area (Å²) in [4.78, 5) is 36.1. The second kappa shape index (κ2) is 7.59. The number of carbonyl (C=O) groups excluding carboxylic acids is 2. The van der Waals surface area contributed by atoms with Crippen molar-refractivity contribution in [3.63, 3.8) is 0 Å². The molecule has 0 fully saturated rings. The summed E-state index contributed by atoms with van der Waals surface area (Å²) in [6.45, 7) is 3.26. The van der Waals surface area contributed by atoms with E-state index in [1.165, 1.54) is 12.2 Å². The van der Waals surface area contributed by atoms with Gasteiger partial charge in [-0.1, -0.05) is 12.2 Å². The molecule has 120 valence electrons. The molecule has 2 atom stereocenters. The SMILES string of the molecule is CCOC(=O)C(CCC#N)(C(=O)OCC)[C@@H]1C=C[C@@H]1C(=O)O. The molecular weight excluding hydrogens is 290 g/mol. The number of carboxylic acids is 1. The summed E-state index contributed by atoms with van der Waals surface area (Å²) in [5, 5.41) is 18.0. The average Bonchev–Trinajstić information content (AvgIpc) is 2.41. The molecule has 0 amide bonds. The minimum absolute atomic E-state index is 0.0424. The van der Waals surface area contributed by atoms with Gasteiger partial charge in [-0.2, -0.15) is 5.26 Å². The Kier molecular flexibility index (Phi) is 6.11. The first-order valence-corrected chi connectivity index (χ1v) is 7.08. The van der Waals surface area contributed by atoms with Gasteiger partial charge in [0.1, 0.15) is 0 Å². The highest BCUT2D eigenvalue weighted by Gasteiger charge is 2.59. The van der Waals surface area contributed by atoms with E-state index < -0.39 is 35.2 Å². The topological polar surface area (TPSA) is 114 Å². The maximum atomic E-state index is 12.4. The Labute approximate surface area is 128 Å². The monoisotopic (exact) mass is 309 g/mol. The van der Waals surface area contributed by atoms with E-state index in [4.69, 9.17) is 14.7 Å². The number of ether oxygens (including phenoxy) is 2. The largest absolute Gasteiger partial charge is 0.481 e. The number of rotatable bonds is 8. The number of carbonyl (C=O) groups is 3. The molecule has 7 heteroatoms. The number of nitriles is 1. The van der Waals surface area contributed by atoms with Crippen LogP contribution in [0.1, 0.15) is 26.7 Å². The molecule has 1 aliphatic carbocycles. The Balaban J connectivity index is 3.28. The van der Waals surface area contributed by atoms with Crippen LogP contribution in [0, 0.1) is 28.6 Å². The summed E-state index contributed by atoms with van der Waals surface area (Å²) in [6.07, 6.45) is 2.67. The summed E-state index contributed by atoms with van der Waals surface area (Å²) >= 11 is 0. The molecular formula is C15H19NO6. The molecule has 1 N–H and O–H groups in total. The van der Waals surface area contributed by atoms with Gasteiger partial charge in [-0.3, -0.25) is 14.4 Å². The summed E-state index contributed by atoms with van der Waals surface area (Å²) in [6, 6.07) is 1.88. The first-order valence-electron chi connectivity index (χ1n) is 7.08. The second-order valence-corrected chi connectivity index (χ2v) is 4.85. The fourth-order valence-corrected chi connectivity index (χ4v) is 2.54. The highest BCUT2D eigenvalue weighted by molar-refractivity contribution is 6.02. The Morgan fingerprint density at radius 1 is 1.18 bits per heavy atom. The third kappa shape index (κ3) is 3.11. The first kappa shape index (κ1) is 17.7. The summed E-state index contributed by atoms with van der Waals surface area (Å²) in [5.74, 6) is -4.68. The van der Waals surface area contributed by atoms with Gasteiger partial charge in [0.25, 0.3) is 0 Å². The average molecular weight is 309 g/mol. The Hall–Kier alpha value is -2.36. The molecule has 7 nitrogen and oxygen atoms in total. The van der Waals surface area contributed by atoms with Crippen molar-refractivity contribution in [3.8, 4) is 6.07 Å². The lowest BCUT2D eigenvalue weighted by atomic mass is 9.62. The highest BCUT2D eigenvalue weighted by Crippen LogP contribution is 2.46. The molecule has 0 heterocycles. The third-order valence-corrected chi connectivity index (χ3v) is 3.68. The van der Waals surface area contributed by atoms with Gasteiger partial charge in [-0.15, -0.1) is 0 Å². The third-order valence-electron chi connectivity index (χ3n) is 3.68. The molecule has 0 bridgehead atoms. The van der Waals surface area contributed by atoms with E-state index in [9.17, 15) is 19.5 Å². The summed E-state index contributed by atoms with van der Waals surface area (Å²) in [5.41, 5.74) is -1.79. The lowest BCUT2D eigenvalue weighted by Crippen LogP contribution is -2.52. The van der Waals surface area contributed by atoms with E-state index in [2.05, 4.69) is 0 Å². The van der Waals surface area contributed by atoms with Gasteiger partial charge >= 0.3 is 17.9 Å². The van der Waals surface area contributed by atoms with Gasteiger partial charge in [0.15, 0.2) is 5.41 Å². The van der Waals surface area contributed by atoms with Gasteiger partial charge in [0, 0.05) is 12.3 Å². The molecule has 0 unspecified atom stereocenters. The zero-order valence-electron chi connectivity index (χ0n) is 12.6. The van der Waals surface area contributed by atoms with E-state index in [0.29, 0.717) is 0 Å². The maximum absolute atomic E-state index is 12.4. The predicted octanol–water partition coefficient (Wildman–Crippen LogP) is 1.29. The van der Waals surface area contributed by atoms with Crippen LogP contribution < -0.4 is 0 Å². The maximum Gasteiger partial charge on any atom is 0.324 e. The van der Waals surface area contributed by atoms with Gasteiger partial charge in [-0.05, 0) is 20.3 Å². The molecule has 0 radical (unpaired) electrons. The summed E-state index contributed by atoms with van der Waals surface area (Å²) < 4.78 is 9.96. The standard InChI is InChI=1S/C15H19NO6/c1-3-21-13(19)15(8-5-9-16,14(20)22-4-2)11-7-6-10(11)12(17)18/h6-7,10-11H,3-5,8H2,1-2H3,(H,17,18)/t10-,11+/m0/s1. The van der Waals surface area contributed by atoms with E-state index in [1.54, 1.807) is 13.8 Å². The van der Waals surface area contributed by atoms with E-state index in [0.717, 1.165) is 0 Å². The van der Waals surface area contributed by atoms with Gasteiger partial charge in [0.05, 0.1) is 25.2 Å². The van der Waals surface area contributed by atoms with Gasteiger partial charge < -0.3 is 14.6 Å². The van der Waals surface area contributed by atoms with E-state index in [1.807, 2.05) is 6.07 Å². The van der Waals surface area contributed by atoms with Crippen molar-refractivity contribution in [2.45, 2.75) is 26.7 Å². The number of carboxylic acid groups (broad SMARTS) is 1. The smallest absolute Gasteiger partial charge is 0.324 e. The lowest BCUT2D eigenvalue weighted by Gasteiger charge is -2.40. The number of nitrogens with zero attached hydrogens (tertiary/aromatic N) is 1. The molecule has 1 aliphatic rings. The van der Waals surface area contributed by atoms with Crippen molar-refractivity contribution >= 4 is 17.9 Å². The number of esters is 2. The molecule has 0 aromatic carbocycles. The van der Waals surface area contributed by atoms with Crippen molar-refractivity contribution in [1.29, 1.82) is 5.26 Å². The van der Waals surface area contributed by atoms with Crippen molar-refractivity contribution in [2.24, 2.45) is 17.3 Å². The minimum Gasteiger partial charge on any atom is -0.481 e. The van der Waals surface area contributed by atoms with Crippen molar-refractivity contribution in [2.75, 3.05) is 13.2 Å². The fourth-order valence-electron chi connectivity index (χ4n) is 2.54. The van der Waals surface area contributed by atoms with Crippen LogP contribution >= 0.6 is 0 Å². The van der Waals surface area contributed by atoms with Crippen LogP contribution in [0.3, 0.4) is 0 Å². The lowest BCUT2D eigenvalue weighted by molar-refractivity contribution is -0.178. The zero-order valence-corrected chi connectivity index (χ0v) is 12.6. The van der Waals surface area contributed by atoms with Crippen LogP contribution in [0.5, 0.6) is 0 Å². The van der Waals surface area contributed by atoms with Crippen molar-refractivity contribution < 1.29 is 29.0 Å². The van der Waals surface area contributed by atoms with Crippen molar-refractivity contribution in [3.05, 3.63) is 12.2 Å². The number of hydrogen-bond donors (Lipinski definition) is 1. The molecule has 1 rings (SSSR count). The van der Waals surface area contributed by atoms with Crippen LogP contribution in [-0.2, 0) is 23.9 Å². The van der Waals surface area contributed by atoms with Gasteiger partial charge in [0.2, 0.25) is 0 Å². The summed E-state index contributed by atoms with van der Waals surface area (Å²) in [7, 11) is 0. The first-order chi connectivity index (χ1) is 10.4. The van der Waals surface area contributed by atoms with Crippen LogP contribution in [0.15, 0.2) is 12.2 Å². The van der Waals surface area contributed by atoms with Crippen molar-refractivity contribution in [1.82, 2.24) is 0 Å². The quantitative estimate of drug-likeness (QED) is 0.408. The fraction of sp³-hybridized carbons (Fsp3) is 0.600.